The highest BCUT2D eigenvalue weighted by atomic mass is 19.1. The fourth-order valence-corrected chi connectivity index (χ4v) is 2.57. The van der Waals surface area contributed by atoms with Gasteiger partial charge in [0.25, 0.3) is 0 Å². The number of nitrogens with two attached hydrogens (primary N) is 1. The average Bonchev–Trinajstić information content (AvgIpc) is 2.37. The summed E-state index contributed by atoms with van der Waals surface area (Å²) in [6, 6.07) is 5.53. The number of rotatable bonds is 4. The van der Waals surface area contributed by atoms with Crippen molar-refractivity contribution in [1.29, 1.82) is 0 Å². The van der Waals surface area contributed by atoms with Crippen molar-refractivity contribution in [2.75, 3.05) is 19.7 Å². The number of hydrogen-bond donors (Lipinski definition) is 1. The first-order valence-corrected chi connectivity index (χ1v) is 6.99. The first kappa shape index (κ1) is 14.3. The van der Waals surface area contributed by atoms with Gasteiger partial charge in [-0.25, -0.2) is 4.39 Å². The summed E-state index contributed by atoms with van der Waals surface area (Å²) in [6.07, 6.45) is 1.01. The van der Waals surface area contributed by atoms with E-state index in [2.05, 4.69) is 11.8 Å². The molecule has 2 atom stereocenters. The van der Waals surface area contributed by atoms with E-state index in [-0.39, 0.29) is 5.82 Å². The first-order chi connectivity index (χ1) is 9.10. The lowest BCUT2D eigenvalue weighted by Gasteiger charge is -2.35. The number of nitrogens with zero attached hydrogens (tertiary/aromatic N) is 1. The van der Waals surface area contributed by atoms with Gasteiger partial charge in [-0.2, -0.15) is 0 Å². The van der Waals surface area contributed by atoms with Crippen molar-refractivity contribution in [3.63, 3.8) is 0 Å². The molecule has 1 aliphatic rings. The molecule has 106 valence electrons. The summed E-state index contributed by atoms with van der Waals surface area (Å²) < 4.78 is 19.0. The maximum Gasteiger partial charge on any atom is 0.165 e. The zero-order chi connectivity index (χ0) is 13.8. The Morgan fingerprint density at radius 3 is 2.89 bits per heavy atom. The van der Waals surface area contributed by atoms with Crippen LogP contribution >= 0.6 is 0 Å². The van der Waals surface area contributed by atoms with Crippen LogP contribution in [0.15, 0.2) is 18.2 Å². The molecule has 0 bridgehead atoms. The Hall–Kier alpha value is -1.13. The second-order valence-electron chi connectivity index (χ2n) is 5.36. The second kappa shape index (κ2) is 6.35. The van der Waals surface area contributed by atoms with Gasteiger partial charge in [0.15, 0.2) is 11.6 Å². The van der Waals surface area contributed by atoms with Crippen molar-refractivity contribution < 1.29 is 9.13 Å². The third kappa shape index (κ3) is 3.67. The van der Waals surface area contributed by atoms with Gasteiger partial charge in [0.1, 0.15) is 0 Å². The Morgan fingerprint density at radius 1 is 1.47 bits per heavy atom. The van der Waals surface area contributed by atoms with Crippen LogP contribution in [0.2, 0.25) is 0 Å². The van der Waals surface area contributed by atoms with E-state index < -0.39 is 0 Å². The molecule has 19 heavy (non-hydrogen) atoms. The standard InChI is InChI=1S/C15H23FN2O/c1-3-19-15-5-4-12(8-13(15)16)10-18-7-6-14(17)11(2)9-18/h4-5,8,11,14H,3,6-7,9-10,17H2,1-2H3. The number of piperidine rings is 1. The smallest absolute Gasteiger partial charge is 0.165 e. The summed E-state index contributed by atoms with van der Waals surface area (Å²) in [5.74, 6) is 0.558. The molecule has 0 aliphatic carbocycles. The summed E-state index contributed by atoms with van der Waals surface area (Å²) in [7, 11) is 0. The number of likely N-dealkylation sites (tertiary alicyclic amines) is 1. The number of ether oxygens (including phenoxy) is 1. The highest BCUT2D eigenvalue weighted by Crippen LogP contribution is 2.21. The van der Waals surface area contributed by atoms with Crippen LogP contribution in [0.3, 0.4) is 0 Å². The molecule has 0 radical (unpaired) electrons. The van der Waals surface area contributed by atoms with E-state index in [4.69, 9.17) is 10.5 Å². The minimum absolute atomic E-state index is 0.277. The van der Waals surface area contributed by atoms with Gasteiger partial charge < -0.3 is 10.5 Å². The van der Waals surface area contributed by atoms with Crippen LogP contribution in [0.4, 0.5) is 4.39 Å². The quantitative estimate of drug-likeness (QED) is 0.909. The van der Waals surface area contributed by atoms with Gasteiger partial charge in [-0.15, -0.1) is 0 Å². The van der Waals surface area contributed by atoms with Gasteiger partial charge in [0, 0.05) is 19.1 Å². The Morgan fingerprint density at radius 2 is 2.26 bits per heavy atom. The highest BCUT2D eigenvalue weighted by Gasteiger charge is 2.23. The minimum atomic E-state index is -0.277. The van der Waals surface area contributed by atoms with Gasteiger partial charge in [-0.3, -0.25) is 4.90 Å². The van der Waals surface area contributed by atoms with E-state index in [1.807, 2.05) is 13.0 Å². The summed E-state index contributed by atoms with van der Waals surface area (Å²) in [6.45, 7) is 7.26. The molecule has 0 saturated carbocycles. The van der Waals surface area contributed by atoms with Gasteiger partial charge in [0.05, 0.1) is 6.61 Å². The van der Waals surface area contributed by atoms with E-state index >= 15 is 0 Å². The monoisotopic (exact) mass is 266 g/mol. The van der Waals surface area contributed by atoms with Crippen LogP contribution in [0.1, 0.15) is 25.8 Å². The maximum atomic E-state index is 13.8. The highest BCUT2D eigenvalue weighted by molar-refractivity contribution is 5.29. The normalized spacial score (nSPS) is 24.4. The molecular weight excluding hydrogens is 243 g/mol. The molecule has 0 spiro atoms. The average molecular weight is 266 g/mol. The summed E-state index contributed by atoms with van der Waals surface area (Å²) in [4.78, 5) is 2.34. The van der Waals surface area contributed by atoms with Crippen molar-refractivity contribution in [1.82, 2.24) is 4.90 Å². The fraction of sp³-hybridized carbons (Fsp3) is 0.600. The van der Waals surface area contributed by atoms with Crippen molar-refractivity contribution in [2.24, 2.45) is 11.7 Å². The first-order valence-electron chi connectivity index (χ1n) is 6.99. The van der Waals surface area contributed by atoms with Crippen LogP contribution in [0, 0.1) is 11.7 Å². The summed E-state index contributed by atoms with van der Waals surface area (Å²) in [5.41, 5.74) is 7.00. The van der Waals surface area contributed by atoms with Gasteiger partial charge in [-0.1, -0.05) is 13.0 Å². The zero-order valence-corrected chi connectivity index (χ0v) is 11.7. The third-order valence-electron chi connectivity index (χ3n) is 3.76. The molecule has 0 amide bonds. The Labute approximate surface area is 114 Å². The predicted octanol–water partition coefficient (Wildman–Crippen LogP) is 2.39. The Bertz CT molecular complexity index is 425. The van der Waals surface area contributed by atoms with Crippen LogP contribution < -0.4 is 10.5 Å². The van der Waals surface area contributed by atoms with Gasteiger partial charge in [0.2, 0.25) is 0 Å². The van der Waals surface area contributed by atoms with Crippen molar-refractivity contribution in [2.45, 2.75) is 32.9 Å². The van der Waals surface area contributed by atoms with E-state index in [1.165, 1.54) is 0 Å². The van der Waals surface area contributed by atoms with E-state index in [0.29, 0.717) is 24.3 Å². The number of hydrogen-bond acceptors (Lipinski definition) is 3. The molecule has 2 N–H and O–H groups in total. The van der Waals surface area contributed by atoms with Gasteiger partial charge >= 0.3 is 0 Å². The molecule has 1 fully saturated rings. The van der Waals surface area contributed by atoms with Crippen molar-refractivity contribution in [3.05, 3.63) is 29.6 Å². The molecule has 4 heteroatoms. The summed E-state index contributed by atoms with van der Waals surface area (Å²) in [5, 5.41) is 0. The molecule has 2 rings (SSSR count). The third-order valence-corrected chi connectivity index (χ3v) is 3.76. The van der Waals surface area contributed by atoms with Gasteiger partial charge in [-0.05, 0) is 43.5 Å². The molecule has 2 unspecified atom stereocenters. The van der Waals surface area contributed by atoms with Crippen molar-refractivity contribution in [3.8, 4) is 5.75 Å². The number of benzene rings is 1. The summed E-state index contributed by atoms with van der Waals surface area (Å²) >= 11 is 0. The van der Waals surface area contributed by atoms with E-state index in [1.54, 1.807) is 12.1 Å². The molecule has 3 nitrogen and oxygen atoms in total. The SMILES string of the molecule is CCOc1ccc(CN2CCC(N)C(C)C2)cc1F. The zero-order valence-electron chi connectivity index (χ0n) is 11.7. The molecule has 0 aromatic heterocycles. The van der Waals surface area contributed by atoms with Crippen molar-refractivity contribution >= 4 is 0 Å². The number of halogens is 1. The second-order valence-corrected chi connectivity index (χ2v) is 5.36. The lowest BCUT2D eigenvalue weighted by atomic mass is 9.94. The van der Waals surface area contributed by atoms with Crippen LogP contribution in [-0.4, -0.2) is 30.6 Å². The Kier molecular flexibility index (Phi) is 4.77. The molecular formula is C15H23FN2O. The lowest BCUT2D eigenvalue weighted by Crippen LogP contribution is -2.45. The minimum Gasteiger partial charge on any atom is -0.491 e. The maximum absolute atomic E-state index is 13.8. The molecule has 1 aromatic rings. The lowest BCUT2D eigenvalue weighted by molar-refractivity contribution is 0.157. The fourth-order valence-electron chi connectivity index (χ4n) is 2.57. The molecule has 1 aromatic carbocycles. The van der Waals surface area contributed by atoms with Crippen LogP contribution in [0.25, 0.3) is 0 Å². The van der Waals surface area contributed by atoms with E-state index in [0.717, 1.165) is 31.6 Å². The molecule has 1 aliphatic heterocycles. The Balaban J connectivity index is 1.98. The van der Waals surface area contributed by atoms with Crippen LogP contribution in [0.5, 0.6) is 5.75 Å². The van der Waals surface area contributed by atoms with Crippen LogP contribution in [-0.2, 0) is 6.54 Å². The molecule has 1 heterocycles. The van der Waals surface area contributed by atoms with E-state index in [9.17, 15) is 4.39 Å². The predicted molar refractivity (Wildman–Crippen MR) is 74.6 cm³/mol. The molecule has 1 saturated heterocycles. The largest absolute Gasteiger partial charge is 0.491 e. The topological polar surface area (TPSA) is 38.5 Å².